The minimum atomic E-state index is -0.777. The van der Waals surface area contributed by atoms with E-state index in [4.69, 9.17) is 14.2 Å². The number of carbonyl (C=O) groups excluding carboxylic acids is 3. The fourth-order valence-corrected chi connectivity index (χ4v) is 6.94. The van der Waals surface area contributed by atoms with Crippen molar-refractivity contribution in [2.75, 3.05) is 13.2 Å². The number of hydrogen-bond acceptors (Lipinski definition) is 6. The Hall–Kier alpha value is -2.37. The minimum Gasteiger partial charge on any atom is -0.462 e. The number of ether oxygens (including phenoxy) is 3. The van der Waals surface area contributed by atoms with Crippen LogP contribution in [0.5, 0.6) is 0 Å². The average molecular weight is 801 g/mol. The largest absolute Gasteiger partial charge is 0.462 e. The van der Waals surface area contributed by atoms with Crippen molar-refractivity contribution >= 4 is 17.9 Å². The second kappa shape index (κ2) is 46.3. The SMILES string of the molecule is CC/C=C\C/C=C\CCCCCCCC(=O)OC(COC(=O)CCCCCCC/C=C\CCCCCCCCCCC)COC(=O)CCCCCCCCCCC. The first-order chi connectivity index (χ1) is 28.0. The van der Waals surface area contributed by atoms with E-state index in [-0.39, 0.29) is 31.1 Å². The van der Waals surface area contributed by atoms with E-state index in [0.29, 0.717) is 19.3 Å². The van der Waals surface area contributed by atoms with Crippen LogP contribution in [0.25, 0.3) is 0 Å². The molecule has 0 fully saturated rings. The van der Waals surface area contributed by atoms with E-state index in [0.717, 1.165) is 96.3 Å². The zero-order valence-electron chi connectivity index (χ0n) is 37.9. The quantitative estimate of drug-likeness (QED) is 0.0264. The maximum Gasteiger partial charge on any atom is 0.306 e. The summed E-state index contributed by atoms with van der Waals surface area (Å²) in [5, 5.41) is 0. The van der Waals surface area contributed by atoms with Gasteiger partial charge in [-0.2, -0.15) is 0 Å². The maximum atomic E-state index is 12.7. The Labute approximate surface area is 353 Å². The Morgan fingerprint density at radius 2 is 0.684 bits per heavy atom. The molecule has 0 aliphatic rings. The molecule has 0 aromatic heterocycles. The van der Waals surface area contributed by atoms with E-state index in [9.17, 15) is 14.4 Å². The van der Waals surface area contributed by atoms with Gasteiger partial charge in [-0.15, -0.1) is 0 Å². The zero-order chi connectivity index (χ0) is 41.5. The molecule has 0 aliphatic heterocycles. The van der Waals surface area contributed by atoms with Crippen LogP contribution in [0.4, 0.5) is 0 Å². The van der Waals surface area contributed by atoms with E-state index >= 15 is 0 Å². The molecule has 0 bridgehead atoms. The Balaban J connectivity index is 4.30. The number of carbonyl (C=O) groups is 3. The molecule has 0 heterocycles. The molecule has 332 valence electrons. The number of unbranched alkanes of at least 4 members (excludes halogenated alkanes) is 27. The monoisotopic (exact) mass is 801 g/mol. The van der Waals surface area contributed by atoms with Crippen molar-refractivity contribution in [3.05, 3.63) is 36.5 Å². The summed E-state index contributed by atoms with van der Waals surface area (Å²) >= 11 is 0. The van der Waals surface area contributed by atoms with Crippen molar-refractivity contribution in [1.82, 2.24) is 0 Å². The Morgan fingerprint density at radius 1 is 0.368 bits per heavy atom. The Bertz CT molecular complexity index is 969. The van der Waals surface area contributed by atoms with Gasteiger partial charge in [-0.05, 0) is 70.6 Å². The van der Waals surface area contributed by atoms with Gasteiger partial charge in [0.1, 0.15) is 13.2 Å². The first kappa shape index (κ1) is 54.6. The average Bonchev–Trinajstić information content (AvgIpc) is 3.21. The van der Waals surface area contributed by atoms with Crippen molar-refractivity contribution < 1.29 is 28.6 Å². The molecule has 6 nitrogen and oxygen atoms in total. The Morgan fingerprint density at radius 3 is 1.07 bits per heavy atom. The van der Waals surface area contributed by atoms with Crippen LogP contribution in [0, 0.1) is 0 Å². The third kappa shape index (κ3) is 44.6. The Kier molecular flexibility index (Phi) is 44.4. The number of esters is 3. The van der Waals surface area contributed by atoms with Gasteiger partial charge in [0.25, 0.3) is 0 Å². The predicted molar refractivity (Wildman–Crippen MR) is 242 cm³/mol. The highest BCUT2D eigenvalue weighted by Crippen LogP contribution is 2.14. The van der Waals surface area contributed by atoms with Gasteiger partial charge in [0, 0.05) is 19.3 Å². The van der Waals surface area contributed by atoms with Crippen LogP contribution in [0.2, 0.25) is 0 Å². The fraction of sp³-hybridized carbons (Fsp3) is 0.824. The highest BCUT2D eigenvalue weighted by Gasteiger charge is 2.19. The van der Waals surface area contributed by atoms with E-state index in [1.807, 2.05) is 0 Å². The highest BCUT2D eigenvalue weighted by molar-refractivity contribution is 5.71. The first-order valence-electron chi connectivity index (χ1n) is 24.5. The number of allylic oxidation sites excluding steroid dienone is 6. The van der Waals surface area contributed by atoms with Gasteiger partial charge in [-0.25, -0.2) is 0 Å². The lowest BCUT2D eigenvalue weighted by atomic mass is 10.1. The summed E-state index contributed by atoms with van der Waals surface area (Å²) in [7, 11) is 0. The van der Waals surface area contributed by atoms with Gasteiger partial charge in [0.05, 0.1) is 0 Å². The van der Waals surface area contributed by atoms with E-state index in [2.05, 4.69) is 57.2 Å². The molecular formula is C51H92O6. The number of hydrogen-bond donors (Lipinski definition) is 0. The third-order valence-corrected chi connectivity index (χ3v) is 10.6. The zero-order valence-corrected chi connectivity index (χ0v) is 37.9. The van der Waals surface area contributed by atoms with Crippen LogP contribution in [-0.4, -0.2) is 37.2 Å². The predicted octanol–water partition coefficient (Wildman–Crippen LogP) is 15.8. The molecule has 0 aromatic carbocycles. The summed E-state index contributed by atoms with van der Waals surface area (Å²) in [6, 6.07) is 0. The summed E-state index contributed by atoms with van der Waals surface area (Å²) < 4.78 is 16.7. The van der Waals surface area contributed by atoms with Crippen molar-refractivity contribution in [2.24, 2.45) is 0 Å². The first-order valence-corrected chi connectivity index (χ1v) is 24.5. The minimum absolute atomic E-state index is 0.0787. The van der Waals surface area contributed by atoms with E-state index in [1.165, 1.54) is 116 Å². The fourth-order valence-electron chi connectivity index (χ4n) is 6.94. The molecule has 0 N–H and O–H groups in total. The number of rotatable bonds is 44. The summed E-state index contributed by atoms with van der Waals surface area (Å²) in [6.07, 6.45) is 52.8. The smallest absolute Gasteiger partial charge is 0.306 e. The van der Waals surface area contributed by atoms with E-state index < -0.39 is 6.10 Å². The van der Waals surface area contributed by atoms with Gasteiger partial charge in [-0.1, -0.05) is 198 Å². The van der Waals surface area contributed by atoms with Crippen LogP contribution >= 0.6 is 0 Å². The van der Waals surface area contributed by atoms with Gasteiger partial charge >= 0.3 is 17.9 Å². The molecule has 1 unspecified atom stereocenters. The standard InChI is InChI=1S/C51H92O6/c1-4-7-10-13-16-19-21-23-24-25-26-27-28-30-32-35-38-41-44-50(53)56-47-48(46-55-49(52)43-40-37-34-31-18-15-12-9-6-3)57-51(54)45-42-39-36-33-29-22-20-17-14-11-8-5-2/h8,11,17,20,26-27,48H,4-7,9-10,12-16,18-19,21-25,28-47H2,1-3H3/b11-8-,20-17-,27-26-. The van der Waals surface area contributed by atoms with Crippen LogP contribution in [0.1, 0.15) is 252 Å². The summed E-state index contributed by atoms with van der Waals surface area (Å²) in [6.45, 7) is 6.50. The molecule has 6 heteroatoms. The molecule has 0 aliphatic carbocycles. The molecule has 0 amide bonds. The topological polar surface area (TPSA) is 78.9 Å². The van der Waals surface area contributed by atoms with Gasteiger partial charge in [0.2, 0.25) is 0 Å². The second-order valence-electron chi connectivity index (χ2n) is 16.3. The van der Waals surface area contributed by atoms with Gasteiger partial charge in [-0.3, -0.25) is 14.4 Å². The molecule has 0 rings (SSSR count). The van der Waals surface area contributed by atoms with Crippen LogP contribution in [0.3, 0.4) is 0 Å². The summed E-state index contributed by atoms with van der Waals surface area (Å²) in [4.78, 5) is 37.8. The highest BCUT2D eigenvalue weighted by atomic mass is 16.6. The molecule has 0 radical (unpaired) electrons. The third-order valence-electron chi connectivity index (χ3n) is 10.6. The lowest BCUT2D eigenvalue weighted by molar-refractivity contribution is -0.167. The van der Waals surface area contributed by atoms with Crippen molar-refractivity contribution in [3.8, 4) is 0 Å². The molecule has 1 atom stereocenters. The van der Waals surface area contributed by atoms with Gasteiger partial charge in [0.15, 0.2) is 6.10 Å². The molecule has 57 heavy (non-hydrogen) atoms. The molecule has 0 spiro atoms. The molecule has 0 saturated carbocycles. The van der Waals surface area contributed by atoms with Gasteiger partial charge < -0.3 is 14.2 Å². The van der Waals surface area contributed by atoms with Crippen LogP contribution < -0.4 is 0 Å². The lowest BCUT2D eigenvalue weighted by Gasteiger charge is -2.18. The molecular weight excluding hydrogens is 709 g/mol. The van der Waals surface area contributed by atoms with Crippen LogP contribution in [0.15, 0.2) is 36.5 Å². The lowest BCUT2D eigenvalue weighted by Crippen LogP contribution is -2.30. The van der Waals surface area contributed by atoms with Crippen molar-refractivity contribution in [2.45, 2.75) is 258 Å². The van der Waals surface area contributed by atoms with Crippen molar-refractivity contribution in [1.29, 1.82) is 0 Å². The molecule has 0 aromatic rings. The summed E-state index contributed by atoms with van der Waals surface area (Å²) in [5.74, 6) is -0.900. The summed E-state index contributed by atoms with van der Waals surface area (Å²) in [5.41, 5.74) is 0. The normalized spacial score (nSPS) is 12.3. The second-order valence-corrected chi connectivity index (χ2v) is 16.3. The van der Waals surface area contributed by atoms with E-state index in [1.54, 1.807) is 0 Å². The maximum absolute atomic E-state index is 12.7. The molecule has 0 saturated heterocycles. The van der Waals surface area contributed by atoms with Crippen molar-refractivity contribution in [3.63, 3.8) is 0 Å². The van der Waals surface area contributed by atoms with Crippen LogP contribution in [-0.2, 0) is 28.6 Å².